The number of esters is 1. The molecule has 1 N–H and O–H groups in total. The second kappa shape index (κ2) is 6.65. The van der Waals surface area contributed by atoms with Crippen LogP contribution in [0.3, 0.4) is 0 Å². The van der Waals surface area contributed by atoms with Gasteiger partial charge in [-0.25, -0.2) is 9.59 Å². The van der Waals surface area contributed by atoms with Crippen molar-refractivity contribution < 1.29 is 23.5 Å². The van der Waals surface area contributed by atoms with Crippen molar-refractivity contribution in [2.24, 2.45) is 5.92 Å². The van der Waals surface area contributed by atoms with Gasteiger partial charge in [-0.3, -0.25) is 0 Å². The van der Waals surface area contributed by atoms with E-state index in [2.05, 4.69) is 10.1 Å². The average molecular weight is 297 g/mol. The summed E-state index contributed by atoms with van der Waals surface area (Å²) in [7, 11) is 1.28. The maximum absolute atomic E-state index is 11.9. The molecule has 1 rings (SSSR count). The Labute approximate surface area is 124 Å². The number of carbonyl (C=O) groups is 2. The number of methoxy groups -OCH3 is 1. The fraction of sp³-hybridized carbons (Fsp3) is 0.600. The number of hydrogen-bond acceptors (Lipinski definition) is 5. The van der Waals surface area contributed by atoms with E-state index in [-0.39, 0.29) is 11.7 Å². The summed E-state index contributed by atoms with van der Waals surface area (Å²) in [6.45, 7) is 9.24. The second-order valence-electron chi connectivity index (χ2n) is 6.06. The highest BCUT2D eigenvalue weighted by atomic mass is 16.6. The Bertz CT molecular complexity index is 498. The zero-order valence-corrected chi connectivity index (χ0v) is 13.4. The second-order valence-corrected chi connectivity index (χ2v) is 6.06. The number of hydrogen-bond donors (Lipinski definition) is 1. The van der Waals surface area contributed by atoms with Crippen LogP contribution in [-0.4, -0.2) is 24.8 Å². The van der Waals surface area contributed by atoms with Crippen LogP contribution in [0.1, 0.15) is 57.0 Å². The van der Waals surface area contributed by atoms with Gasteiger partial charge in [0.25, 0.3) is 0 Å². The van der Waals surface area contributed by atoms with Crippen LogP contribution in [0.15, 0.2) is 16.5 Å². The van der Waals surface area contributed by atoms with Gasteiger partial charge in [0.05, 0.1) is 13.2 Å². The lowest BCUT2D eigenvalue weighted by molar-refractivity contribution is 0.0480. The average Bonchev–Trinajstić information content (AvgIpc) is 2.81. The van der Waals surface area contributed by atoms with Gasteiger partial charge in [-0.05, 0) is 38.8 Å². The summed E-state index contributed by atoms with van der Waals surface area (Å²) in [6.07, 6.45) is -0.530. The van der Waals surface area contributed by atoms with Crippen molar-refractivity contribution in [1.82, 2.24) is 5.32 Å². The van der Waals surface area contributed by atoms with Crippen molar-refractivity contribution in [3.05, 3.63) is 23.7 Å². The lowest BCUT2D eigenvalue weighted by Gasteiger charge is -2.24. The van der Waals surface area contributed by atoms with E-state index in [1.54, 1.807) is 26.8 Å². The molecule has 1 unspecified atom stereocenters. The summed E-state index contributed by atoms with van der Waals surface area (Å²) >= 11 is 0. The van der Waals surface area contributed by atoms with E-state index >= 15 is 0 Å². The van der Waals surface area contributed by atoms with Crippen LogP contribution in [0.4, 0.5) is 4.79 Å². The van der Waals surface area contributed by atoms with Crippen LogP contribution >= 0.6 is 0 Å². The van der Waals surface area contributed by atoms with Gasteiger partial charge >= 0.3 is 12.1 Å². The van der Waals surface area contributed by atoms with E-state index in [1.807, 2.05) is 13.8 Å². The predicted molar refractivity (Wildman–Crippen MR) is 77.0 cm³/mol. The van der Waals surface area contributed by atoms with Crippen molar-refractivity contribution in [2.75, 3.05) is 7.11 Å². The van der Waals surface area contributed by atoms with Crippen LogP contribution in [0.25, 0.3) is 0 Å². The van der Waals surface area contributed by atoms with Crippen molar-refractivity contribution in [1.29, 1.82) is 0 Å². The minimum Gasteiger partial charge on any atom is -0.463 e. The highest BCUT2D eigenvalue weighted by Crippen LogP contribution is 2.24. The summed E-state index contributed by atoms with van der Waals surface area (Å²) in [5.74, 6) is 0.0931. The quantitative estimate of drug-likeness (QED) is 0.863. The molecule has 1 aromatic rings. The van der Waals surface area contributed by atoms with Gasteiger partial charge in [-0.15, -0.1) is 0 Å². The molecular formula is C15H23NO5. The number of alkyl carbamates (subject to hydrolysis) is 1. The molecule has 0 saturated carbocycles. The van der Waals surface area contributed by atoms with Gasteiger partial charge in [0.15, 0.2) is 0 Å². The summed E-state index contributed by atoms with van der Waals surface area (Å²) in [5, 5.41) is 2.75. The standard InChI is InChI=1S/C15H23NO5/c1-9(2)12(16-14(18)21-15(3,4)5)10-7-8-11(20-10)13(17)19-6/h7-9,12H,1-6H3,(H,16,18). The highest BCUT2D eigenvalue weighted by Gasteiger charge is 2.26. The Morgan fingerprint density at radius 1 is 1.24 bits per heavy atom. The fourth-order valence-electron chi connectivity index (χ4n) is 1.73. The molecule has 1 heterocycles. The SMILES string of the molecule is COC(=O)c1ccc(C(NC(=O)OC(C)(C)C)C(C)C)o1. The van der Waals surface area contributed by atoms with Gasteiger partial charge in [-0.1, -0.05) is 13.8 Å². The zero-order valence-electron chi connectivity index (χ0n) is 13.4. The van der Waals surface area contributed by atoms with Gasteiger partial charge in [0.1, 0.15) is 11.4 Å². The largest absolute Gasteiger partial charge is 0.463 e. The smallest absolute Gasteiger partial charge is 0.408 e. The van der Waals surface area contributed by atoms with Crippen molar-refractivity contribution in [3.63, 3.8) is 0 Å². The van der Waals surface area contributed by atoms with Gasteiger partial charge < -0.3 is 19.2 Å². The molecular weight excluding hydrogens is 274 g/mol. The van der Waals surface area contributed by atoms with Gasteiger partial charge in [0.2, 0.25) is 5.76 Å². The minimum atomic E-state index is -0.577. The summed E-state index contributed by atoms with van der Waals surface area (Å²) < 4.78 is 15.3. The molecule has 1 atom stereocenters. The Morgan fingerprint density at radius 3 is 2.33 bits per heavy atom. The molecule has 6 nitrogen and oxygen atoms in total. The van der Waals surface area contributed by atoms with Gasteiger partial charge in [0, 0.05) is 0 Å². The fourth-order valence-corrected chi connectivity index (χ4v) is 1.73. The molecule has 0 aromatic carbocycles. The number of carbonyl (C=O) groups excluding carboxylic acids is 2. The summed E-state index contributed by atoms with van der Waals surface area (Å²) in [6, 6.07) is 2.78. The van der Waals surface area contributed by atoms with Crippen LogP contribution in [0.5, 0.6) is 0 Å². The molecule has 1 aromatic heterocycles. The summed E-state index contributed by atoms with van der Waals surface area (Å²) in [4.78, 5) is 23.3. The Morgan fingerprint density at radius 2 is 1.86 bits per heavy atom. The van der Waals surface area contributed by atoms with Crippen LogP contribution in [0, 0.1) is 5.92 Å². The summed E-state index contributed by atoms with van der Waals surface area (Å²) in [5.41, 5.74) is -0.577. The molecule has 21 heavy (non-hydrogen) atoms. The maximum Gasteiger partial charge on any atom is 0.408 e. The Balaban J connectivity index is 2.85. The van der Waals surface area contributed by atoms with Crippen molar-refractivity contribution >= 4 is 12.1 Å². The molecule has 1 amide bonds. The van der Waals surface area contributed by atoms with E-state index in [9.17, 15) is 9.59 Å². The van der Waals surface area contributed by atoms with Crippen molar-refractivity contribution in [3.8, 4) is 0 Å². The number of amides is 1. The molecule has 0 aliphatic rings. The lowest BCUT2D eigenvalue weighted by atomic mass is 10.0. The molecule has 0 aliphatic heterocycles. The topological polar surface area (TPSA) is 77.8 Å². The number of furan rings is 1. The first-order valence-corrected chi connectivity index (χ1v) is 6.81. The molecule has 118 valence electrons. The first-order chi connectivity index (χ1) is 9.64. The molecule has 0 spiro atoms. The number of rotatable bonds is 4. The van der Waals surface area contributed by atoms with E-state index in [0.717, 1.165) is 0 Å². The van der Waals surface area contributed by atoms with Gasteiger partial charge in [-0.2, -0.15) is 0 Å². The van der Waals surface area contributed by atoms with E-state index < -0.39 is 23.7 Å². The third-order valence-electron chi connectivity index (χ3n) is 2.66. The number of ether oxygens (including phenoxy) is 2. The van der Waals surface area contributed by atoms with Crippen LogP contribution < -0.4 is 5.32 Å². The predicted octanol–water partition coefficient (Wildman–Crippen LogP) is 3.29. The number of nitrogens with one attached hydrogen (secondary N) is 1. The molecule has 0 bridgehead atoms. The lowest BCUT2D eigenvalue weighted by Crippen LogP contribution is -2.36. The third-order valence-corrected chi connectivity index (χ3v) is 2.66. The molecule has 0 fully saturated rings. The molecule has 0 radical (unpaired) electrons. The Hall–Kier alpha value is -1.98. The third kappa shape index (κ3) is 5.13. The molecule has 0 aliphatic carbocycles. The van der Waals surface area contributed by atoms with E-state index in [0.29, 0.717) is 5.76 Å². The van der Waals surface area contributed by atoms with Crippen molar-refractivity contribution in [2.45, 2.75) is 46.3 Å². The maximum atomic E-state index is 11.9. The normalized spacial score (nSPS) is 12.9. The first kappa shape index (κ1) is 17.1. The van der Waals surface area contributed by atoms with Crippen LogP contribution in [-0.2, 0) is 9.47 Å². The highest BCUT2D eigenvalue weighted by molar-refractivity contribution is 5.86. The van der Waals surface area contributed by atoms with E-state index in [1.165, 1.54) is 13.2 Å². The molecule has 6 heteroatoms. The first-order valence-electron chi connectivity index (χ1n) is 6.81. The minimum absolute atomic E-state index is 0.0640. The molecule has 0 saturated heterocycles. The zero-order chi connectivity index (χ0) is 16.2. The Kier molecular flexibility index (Phi) is 5.41. The monoisotopic (exact) mass is 297 g/mol. The van der Waals surface area contributed by atoms with Crippen LogP contribution in [0.2, 0.25) is 0 Å². The van der Waals surface area contributed by atoms with E-state index in [4.69, 9.17) is 9.15 Å².